The Morgan fingerprint density at radius 1 is 1.32 bits per heavy atom. The Hall–Kier alpha value is -2.25. The van der Waals surface area contributed by atoms with Crippen molar-refractivity contribution in [3.63, 3.8) is 0 Å². The molecule has 0 unspecified atom stereocenters. The van der Waals surface area contributed by atoms with Gasteiger partial charge in [0.25, 0.3) is 0 Å². The van der Waals surface area contributed by atoms with Gasteiger partial charge in [-0.3, -0.25) is 9.10 Å². The fraction of sp³-hybridized carbons (Fsp3) is 0.235. The first-order valence-corrected chi connectivity index (χ1v) is 9.69. The van der Waals surface area contributed by atoms with Crippen LogP contribution in [0.4, 0.5) is 11.4 Å². The largest absolute Gasteiger partial charge is 0.462 e. The molecule has 0 atom stereocenters. The molecule has 1 fully saturated rings. The van der Waals surface area contributed by atoms with Crippen LogP contribution in [0.15, 0.2) is 40.8 Å². The number of nitrogens with zero attached hydrogens (tertiary/aromatic N) is 1. The van der Waals surface area contributed by atoms with Gasteiger partial charge in [0.1, 0.15) is 11.5 Å². The molecular formula is C17H17ClN2O4S. The summed E-state index contributed by atoms with van der Waals surface area (Å²) < 4.78 is 30.7. The maximum atomic E-state index is 12.1. The lowest BCUT2D eigenvalue weighted by Gasteiger charge is -2.18. The molecule has 2 aromatic rings. The van der Waals surface area contributed by atoms with Crippen molar-refractivity contribution in [3.05, 3.63) is 53.0 Å². The number of anilines is 2. The molecule has 25 heavy (non-hydrogen) atoms. The third-order valence-electron chi connectivity index (χ3n) is 3.76. The molecule has 3 rings (SSSR count). The van der Waals surface area contributed by atoms with Crippen molar-refractivity contribution in [1.29, 1.82) is 0 Å². The summed E-state index contributed by atoms with van der Waals surface area (Å²) in [5.41, 5.74) is 0.842. The Labute approximate surface area is 151 Å². The van der Waals surface area contributed by atoms with E-state index in [1.807, 2.05) is 6.92 Å². The lowest BCUT2D eigenvalue weighted by atomic mass is 10.2. The van der Waals surface area contributed by atoms with Crippen LogP contribution in [0.1, 0.15) is 17.9 Å². The summed E-state index contributed by atoms with van der Waals surface area (Å²) in [4.78, 5) is 12.1. The van der Waals surface area contributed by atoms with Crippen molar-refractivity contribution < 1.29 is 17.6 Å². The zero-order chi connectivity index (χ0) is 18.0. The zero-order valence-electron chi connectivity index (χ0n) is 13.5. The SMILES string of the molecule is Cc1ccc(C=CC(=O)Nc2cc(N3CCCS3(=O)=O)ccc2Cl)o1. The number of halogens is 1. The van der Waals surface area contributed by atoms with E-state index in [0.29, 0.717) is 35.1 Å². The summed E-state index contributed by atoms with van der Waals surface area (Å²) >= 11 is 6.11. The van der Waals surface area contributed by atoms with Crippen LogP contribution in [0.3, 0.4) is 0 Å². The van der Waals surface area contributed by atoms with Gasteiger partial charge in [0.2, 0.25) is 15.9 Å². The molecule has 1 amide bonds. The van der Waals surface area contributed by atoms with Crippen LogP contribution in [-0.4, -0.2) is 26.6 Å². The molecule has 0 saturated carbocycles. The second-order valence-corrected chi connectivity index (χ2v) is 8.10. The van der Waals surface area contributed by atoms with Gasteiger partial charge in [0, 0.05) is 12.6 Å². The number of benzene rings is 1. The first-order valence-electron chi connectivity index (χ1n) is 7.71. The molecule has 1 saturated heterocycles. The van der Waals surface area contributed by atoms with Crippen LogP contribution in [0.5, 0.6) is 0 Å². The van der Waals surface area contributed by atoms with E-state index < -0.39 is 15.9 Å². The van der Waals surface area contributed by atoms with Crippen LogP contribution in [0.2, 0.25) is 5.02 Å². The van der Waals surface area contributed by atoms with E-state index >= 15 is 0 Å². The number of amides is 1. The molecule has 2 heterocycles. The highest BCUT2D eigenvalue weighted by atomic mass is 35.5. The second kappa shape index (κ2) is 6.93. The van der Waals surface area contributed by atoms with E-state index in [2.05, 4.69) is 5.32 Å². The summed E-state index contributed by atoms with van der Waals surface area (Å²) in [7, 11) is -3.29. The van der Waals surface area contributed by atoms with Crippen molar-refractivity contribution in [2.75, 3.05) is 21.9 Å². The average Bonchev–Trinajstić information content (AvgIpc) is 3.12. The van der Waals surface area contributed by atoms with Crippen molar-refractivity contribution in [2.24, 2.45) is 0 Å². The third-order valence-corrected chi connectivity index (χ3v) is 5.95. The Bertz CT molecular complexity index is 934. The van der Waals surface area contributed by atoms with Gasteiger partial charge in [-0.15, -0.1) is 0 Å². The fourth-order valence-corrected chi connectivity index (χ4v) is 4.29. The number of nitrogens with one attached hydrogen (secondary N) is 1. The molecule has 1 aromatic carbocycles. The van der Waals surface area contributed by atoms with Crippen LogP contribution in [-0.2, 0) is 14.8 Å². The van der Waals surface area contributed by atoms with Crippen LogP contribution < -0.4 is 9.62 Å². The summed E-state index contributed by atoms with van der Waals surface area (Å²) in [6.07, 6.45) is 3.46. The molecule has 8 heteroatoms. The van der Waals surface area contributed by atoms with E-state index in [9.17, 15) is 13.2 Å². The summed E-state index contributed by atoms with van der Waals surface area (Å²) in [6, 6.07) is 8.32. The first-order chi connectivity index (χ1) is 11.8. The summed E-state index contributed by atoms with van der Waals surface area (Å²) in [5, 5.41) is 2.99. The Kier molecular flexibility index (Phi) is 4.87. The quantitative estimate of drug-likeness (QED) is 0.824. The number of carbonyl (C=O) groups is 1. The van der Waals surface area contributed by atoms with Gasteiger partial charge in [0.15, 0.2) is 0 Å². The minimum Gasteiger partial charge on any atom is -0.462 e. The van der Waals surface area contributed by atoms with Crippen LogP contribution in [0.25, 0.3) is 6.08 Å². The minimum absolute atomic E-state index is 0.128. The Morgan fingerprint density at radius 2 is 2.12 bits per heavy atom. The third kappa shape index (κ3) is 4.05. The number of hydrogen-bond donors (Lipinski definition) is 1. The van der Waals surface area contributed by atoms with Crippen molar-refractivity contribution in [3.8, 4) is 0 Å². The Balaban J connectivity index is 1.77. The fourth-order valence-electron chi connectivity index (χ4n) is 2.57. The van der Waals surface area contributed by atoms with Crippen molar-refractivity contribution in [1.82, 2.24) is 0 Å². The molecule has 1 aromatic heterocycles. The first kappa shape index (κ1) is 17.6. The van der Waals surface area contributed by atoms with Gasteiger partial charge >= 0.3 is 0 Å². The number of furan rings is 1. The maximum absolute atomic E-state index is 12.1. The predicted octanol–water partition coefficient (Wildman–Crippen LogP) is 3.43. The second-order valence-electron chi connectivity index (χ2n) is 5.68. The summed E-state index contributed by atoms with van der Waals surface area (Å²) in [6.45, 7) is 2.24. The van der Waals surface area contributed by atoms with Gasteiger partial charge < -0.3 is 9.73 Å². The molecule has 132 valence electrons. The minimum atomic E-state index is -3.29. The highest BCUT2D eigenvalue weighted by Gasteiger charge is 2.28. The molecule has 6 nitrogen and oxygen atoms in total. The number of hydrogen-bond acceptors (Lipinski definition) is 4. The zero-order valence-corrected chi connectivity index (χ0v) is 15.1. The van der Waals surface area contributed by atoms with Crippen molar-refractivity contribution >= 4 is 45.0 Å². The average molecular weight is 381 g/mol. The normalized spacial score (nSPS) is 16.5. The molecular weight excluding hydrogens is 364 g/mol. The monoisotopic (exact) mass is 380 g/mol. The van der Waals surface area contributed by atoms with Crippen LogP contribution >= 0.6 is 11.6 Å². The van der Waals surface area contributed by atoms with E-state index in [1.54, 1.807) is 36.4 Å². The smallest absolute Gasteiger partial charge is 0.248 e. The van der Waals surface area contributed by atoms with E-state index in [1.165, 1.54) is 10.4 Å². The van der Waals surface area contributed by atoms with Gasteiger partial charge in [-0.1, -0.05) is 11.6 Å². The number of sulfonamides is 1. The van der Waals surface area contributed by atoms with E-state index in [-0.39, 0.29) is 5.75 Å². The standard InChI is InChI=1S/C17H17ClN2O4S/c1-12-3-5-14(24-12)6-8-17(21)19-16-11-13(4-7-15(16)18)20-9-2-10-25(20,22)23/h3-8,11H,2,9-10H2,1H3,(H,19,21). The maximum Gasteiger partial charge on any atom is 0.248 e. The van der Waals surface area contributed by atoms with Gasteiger partial charge in [-0.2, -0.15) is 0 Å². The molecule has 0 spiro atoms. The molecule has 0 aliphatic carbocycles. The number of carbonyl (C=O) groups excluding carboxylic acids is 1. The molecule has 1 N–H and O–H groups in total. The molecule has 0 radical (unpaired) electrons. The van der Waals surface area contributed by atoms with Gasteiger partial charge in [-0.05, 0) is 49.8 Å². The van der Waals surface area contributed by atoms with Gasteiger partial charge in [0.05, 0.1) is 22.2 Å². The topological polar surface area (TPSA) is 79.6 Å². The Morgan fingerprint density at radius 3 is 2.76 bits per heavy atom. The van der Waals surface area contributed by atoms with Crippen LogP contribution in [0, 0.1) is 6.92 Å². The number of rotatable bonds is 4. The lowest BCUT2D eigenvalue weighted by Crippen LogP contribution is -2.25. The van der Waals surface area contributed by atoms with Gasteiger partial charge in [-0.25, -0.2) is 8.42 Å². The molecule has 0 bridgehead atoms. The van der Waals surface area contributed by atoms with Crippen molar-refractivity contribution in [2.45, 2.75) is 13.3 Å². The highest BCUT2D eigenvalue weighted by molar-refractivity contribution is 7.93. The summed E-state index contributed by atoms with van der Waals surface area (Å²) in [5.74, 6) is 1.05. The highest BCUT2D eigenvalue weighted by Crippen LogP contribution is 2.31. The van der Waals surface area contributed by atoms with E-state index in [4.69, 9.17) is 16.0 Å². The van der Waals surface area contributed by atoms with E-state index in [0.717, 1.165) is 5.76 Å². The number of aryl methyl sites for hydroxylation is 1. The lowest BCUT2D eigenvalue weighted by molar-refractivity contribution is -0.111. The molecule has 1 aliphatic rings. The molecule has 1 aliphatic heterocycles. The predicted molar refractivity (Wildman–Crippen MR) is 98.3 cm³/mol.